The molecule has 60 N–H and O–H groups in total. The SMILES string of the molecule is NC(N)=O.NC(N)=O.NC(N)=O.NC(N)=O.NC(N)=O.NC(N)=O.NC(N)=O.NC(N)=O.NC(N)=O.NC(N)=O.NC(N)=O.NC(N)=O.O=P(O)(O)F.O=P(O)(O)F.O=P(O)(O)F.O=P(O)(O)F.O=P(O)(O)F.O=P(O)(O)F. The number of hydrogen-bond acceptors (Lipinski definition) is 18. The molecule has 0 rings (SSSR count). The molecular formula is C12H60F6N24O30P6. The molecule has 0 spiro atoms. The van der Waals surface area contributed by atoms with E-state index in [1.54, 1.807) is 0 Å². The molecule has 0 aliphatic rings. The first-order valence-electron chi connectivity index (χ1n) is 13.9. The van der Waals surface area contributed by atoms with Gasteiger partial charge in [0.15, 0.2) is 0 Å². The molecule has 0 saturated carbocycles. The Balaban J connectivity index is -0.0000000306. The van der Waals surface area contributed by atoms with Gasteiger partial charge >= 0.3 is 120 Å². The van der Waals surface area contributed by atoms with Gasteiger partial charge in [0.1, 0.15) is 0 Å². The third-order valence-corrected chi connectivity index (χ3v) is 0. The smallest absolute Gasteiger partial charge is 0.352 e. The fourth-order valence-corrected chi connectivity index (χ4v) is 0. The van der Waals surface area contributed by atoms with Gasteiger partial charge in [-0.3, -0.25) is 58.7 Å². The highest BCUT2D eigenvalue weighted by atomic mass is 31.2. The lowest BCUT2D eigenvalue weighted by atomic mass is 11.2. The van der Waals surface area contributed by atoms with Crippen molar-refractivity contribution in [1.29, 1.82) is 0 Å². The maximum atomic E-state index is 10.4. The average Bonchev–Trinajstić information content (AvgIpc) is 2.87. The van der Waals surface area contributed by atoms with Crippen molar-refractivity contribution in [2.24, 2.45) is 138 Å². The molecule has 0 saturated heterocycles. The lowest BCUT2D eigenvalue weighted by molar-refractivity contribution is 0.255. The summed E-state index contributed by atoms with van der Waals surface area (Å²) in [5.74, 6) is 0. The molecule has 0 heterocycles. The summed E-state index contributed by atoms with van der Waals surface area (Å²) in [6.45, 7) is 0. The summed E-state index contributed by atoms with van der Waals surface area (Å²) in [6.07, 6.45) is 0. The third kappa shape index (κ3) is 4400. The Labute approximate surface area is 426 Å². The van der Waals surface area contributed by atoms with Crippen LogP contribution in [0.15, 0.2) is 0 Å². The summed E-state index contributed by atoms with van der Waals surface area (Å²) < 4.78 is 114. The second kappa shape index (κ2) is 77.6. The first kappa shape index (κ1) is 123. The molecule has 0 aromatic heterocycles. The number of carbonyl (C=O) groups is 12. The van der Waals surface area contributed by atoms with Crippen molar-refractivity contribution in [3.05, 3.63) is 0 Å². The highest BCUT2D eigenvalue weighted by Crippen LogP contribution is 2.37. The van der Waals surface area contributed by atoms with Crippen LogP contribution < -0.4 is 138 Å². The van der Waals surface area contributed by atoms with Gasteiger partial charge in [-0.25, -0.2) is 84.9 Å². The van der Waals surface area contributed by atoms with Crippen molar-refractivity contribution in [1.82, 2.24) is 0 Å². The number of rotatable bonds is 0. The van der Waals surface area contributed by atoms with E-state index in [4.69, 9.17) is 144 Å². The maximum absolute atomic E-state index is 10.4. The second-order valence-electron chi connectivity index (χ2n) is 7.67. The van der Waals surface area contributed by atoms with E-state index >= 15 is 0 Å². The summed E-state index contributed by atoms with van der Waals surface area (Å²) in [4.78, 5) is 192. The molecule has 0 aliphatic carbocycles. The molecule has 480 valence electrons. The van der Waals surface area contributed by atoms with E-state index in [-0.39, 0.29) is 0 Å². The van der Waals surface area contributed by atoms with Crippen LogP contribution in [0.5, 0.6) is 0 Å². The monoisotopic (exact) mass is 1320 g/mol. The van der Waals surface area contributed by atoms with Crippen molar-refractivity contribution >= 4 is 120 Å². The number of amides is 24. The van der Waals surface area contributed by atoms with Crippen LogP contribution >= 0.6 is 47.4 Å². The van der Waals surface area contributed by atoms with Gasteiger partial charge in [-0.2, -0.15) is 0 Å². The molecule has 54 nitrogen and oxygen atoms in total. The molecule has 24 amide bonds. The molecular weight excluding hydrogens is 1260 g/mol. The number of primary amides is 24. The van der Waals surface area contributed by atoms with E-state index in [1.165, 1.54) is 0 Å². The Morgan fingerprint density at radius 1 is 0.167 bits per heavy atom. The third-order valence-electron chi connectivity index (χ3n) is 0. The lowest BCUT2D eigenvalue weighted by Gasteiger charge is -1.78. The minimum Gasteiger partial charge on any atom is -0.352 e. The molecule has 0 bridgehead atoms. The summed E-state index contributed by atoms with van der Waals surface area (Å²) >= 11 is 0. The standard InChI is InChI=1S/12CH4N2O.6FH2O3P/c12*2-1(3)4;6*1-5(2,3)4/h12*(H4,2,3,4);6*(H2,2,3,4). The molecule has 0 aromatic rings. The molecule has 78 heavy (non-hydrogen) atoms. The van der Waals surface area contributed by atoms with Crippen LogP contribution in [0, 0.1) is 0 Å². The van der Waals surface area contributed by atoms with Crippen LogP contribution in [0.1, 0.15) is 0 Å². The van der Waals surface area contributed by atoms with Gasteiger partial charge in [-0.1, -0.05) is 0 Å². The zero-order valence-corrected chi connectivity index (χ0v) is 42.9. The van der Waals surface area contributed by atoms with Crippen LogP contribution in [-0.2, 0) is 27.4 Å². The van der Waals surface area contributed by atoms with Gasteiger partial charge in [0, 0.05) is 0 Å². The van der Waals surface area contributed by atoms with Crippen molar-refractivity contribution < 1.29 is 169 Å². The Bertz CT molecular complexity index is 1390. The fraction of sp³-hybridized carbons (Fsp3) is 0. The van der Waals surface area contributed by atoms with Crippen molar-refractivity contribution in [3.8, 4) is 0 Å². The van der Waals surface area contributed by atoms with Gasteiger partial charge in [0.2, 0.25) is 0 Å². The fourth-order valence-electron chi connectivity index (χ4n) is 0. The molecule has 66 heteroatoms. The molecule has 0 atom stereocenters. The van der Waals surface area contributed by atoms with Gasteiger partial charge < -0.3 is 138 Å². The van der Waals surface area contributed by atoms with Crippen LogP contribution in [0.2, 0.25) is 0 Å². The molecule has 0 aromatic carbocycles. The average molecular weight is 1320 g/mol. The Morgan fingerprint density at radius 2 is 0.167 bits per heavy atom. The van der Waals surface area contributed by atoms with Gasteiger partial charge in [-0.05, 0) is 0 Å². The highest BCUT2D eigenvalue weighted by molar-refractivity contribution is 7.47. The summed E-state index contributed by atoms with van der Waals surface area (Å²) in [6, 6.07) is -10.0. The van der Waals surface area contributed by atoms with E-state index < -0.39 is 120 Å². The predicted octanol–water partition coefficient (Wildman–Crippen LogP) is -11.4. The topological polar surface area (TPSA) is 1170 Å². The minimum atomic E-state index is -5.14. The number of carbonyl (C=O) groups excluding carboxylic acids is 12. The largest absolute Gasteiger partial charge is 0.507 e. The summed E-state index contributed by atoms with van der Waals surface area (Å²) in [5.41, 5.74) is 102. The van der Waals surface area contributed by atoms with E-state index in [1.807, 2.05) is 0 Å². The molecule has 0 radical (unpaired) electrons. The van der Waals surface area contributed by atoms with Crippen LogP contribution in [0.25, 0.3) is 0 Å². The quantitative estimate of drug-likeness (QED) is 0.0791. The minimum absolute atomic E-state index is 0.833. The van der Waals surface area contributed by atoms with Gasteiger partial charge in [-0.15, -0.1) is 25.2 Å². The number of nitrogens with two attached hydrogens (primary N) is 24. The Morgan fingerprint density at radius 3 is 0.167 bits per heavy atom. The van der Waals surface area contributed by atoms with Crippen LogP contribution in [-0.4, -0.2) is 131 Å². The maximum Gasteiger partial charge on any atom is 0.507 e. The van der Waals surface area contributed by atoms with Crippen molar-refractivity contribution in [2.75, 3.05) is 0 Å². The number of hydrogen-bond donors (Lipinski definition) is 36. The predicted molar refractivity (Wildman–Crippen MR) is 244 cm³/mol. The Hall–Kier alpha value is -8.28. The second-order valence-corrected chi connectivity index (χ2v) is 13.3. The van der Waals surface area contributed by atoms with Crippen molar-refractivity contribution in [2.45, 2.75) is 0 Å². The first-order valence-corrected chi connectivity index (χ1v) is 22.9. The Kier molecular flexibility index (Phi) is 122. The first-order chi connectivity index (χ1) is 32.8. The summed E-state index contributed by atoms with van der Waals surface area (Å²) in [7, 11) is -30.8. The molecule has 0 unspecified atom stereocenters. The zero-order valence-electron chi connectivity index (χ0n) is 37.5. The normalized spacial score (nSPS) is 8.23. The zero-order chi connectivity index (χ0) is 69.9. The van der Waals surface area contributed by atoms with Crippen LogP contribution in [0.3, 0.4) is 0 Å². The van der Waals surface area contributed by atoms with Gasteiger partial charge in [0.25, 0.3) is 0 Å². The molecule has 0 fully saturated rings. The molecule has 0 aliphatic heterocycles. The lowest BCUT2D eigenvalue weighted by Crippen LogP contribution is -2.18. The highest BCUT2D eigenvalue weighted by Gasteiger charge is 2.07. The van der Waals surface area contributed by atoms with E-state index in [9.17, 15) is 25.2 Å². The van der Waals surface area contributed by atoms with Crippen molar-refractivity contribution in [3.63, 3.8) is 0 Å². The van der Waals surface area contributed by atoms with Gasteiger partial charge in [0.05, 0.1) is 0 Å². The summed E-state index contributed by atoms with van der Waals surface area (Å²) in [5, 5.41) is 0. The van der Waals surface area contributed by atoms with E-state index in [0.29, 0.717) is 0 Å². The van der Waals surface area contributed by atoms with E-state index in [2.05, 4.69) is 138 Å². The number of urea groups is 12. The van der Waals surface area contributed by atoms with E-state index in [0.717, 1.165) is 0 Å². The number of halogens is 6. The van der Waals surface area contributed by atoms with Crippen LogP contribution in [0.4, 0.5) is 82.7 Å².